The minimum atomic E-state index is -1.30. The number of aliphatic hydroxyl groups is 1. The van der Waals surface area contributed by atoms with Gasteiger partial charge < -0.3 is 49.2 Å². The Kier molecular flexibility index (Phi) is 17.6. The number of aromatic nitrogens is 4. The van der Waals surface area contributed by atoms with Gasteiger partial charge in [-0.05, 0) is 55.4 Å². The highest BCUT2D eigenvalue weighted by atomic mass is 16.6. The maximum atomic E-state index is 13.3. The smallest absolute Gasteiger partial charge is 0.415 e. The van der Waals surface area contributed by atoms with Gasteiger partial charge in [-0.1, -0.05) is 0 Å². The molecule has 0 radical (unpaired) electrons. The minimum absolute atomic E-state index is 0.0169. The molecule has 25 heteroatoms. The number of anilines is 4. The van der Waals surface area contributed by atoms with E-state index in [9.17, 15) is 38.7 Å². The number of nitrogens with zero attached hydrogens (tertiary/aromatic N) is 8. The summed E-state index contributed by atoms with van der Waals surface area (Å²) in [7, 11) is 7.04. The first-order chi connectivity index (χ1) is 30.0. The monoisotopic (exact) mass is 918 g/mol. The highest BCUT2D eigenvalue weighted by Crippen LogP contribution is 2.33. The van der Waals surface area contributed by atoms with E-state index in [0.29, 0.717) is 0 Å². The number of aliphatic hydroxyl groups excluding tert-OH is 1. The van der Waals surface area contributed by atoms with Gasteiger partial charge in [-0.2, -0.15) is 9.97 Å². The van der Waals surface area contributed by atoms with Gasteiger partial charge in [-0.3, -0.25) is 43.7 Å². The zero-order valence-corrected chi connectivity index (χ0v) is 39.5. The number of hydrogen-bond acceptors (Lipinski definition) is 19. The third kappa shape index (κ3) is 15.2. The number of rotatable bonds is 11. The molecule has 2 amide bonds. The van der Waals surface area contributed by atoms with Crippen LogP contribution in [0, 0.1) is 0 Å². The van der Waals surface area contributed by atoms with Crippen LogP contribution in [0.2, 0.25) is 0 Å². The second-order valence-electron chi connectivity index (χ2n) is 17.4. The molecule has 65 heavy (non-hydrogen) atoms. The molecular weight excluding hydrogens is 857 g/mol. The largest absolute Gasteiger partial charge is 0.460 e. The van der Waals surface area contributed by atoms with Crippen molar-refractivity contribution in [3.05, 3.63) is 20.7 Å². The summed E-state index contributed by atoms with van der Waals surface area (Å²) in [5.41, 5.74) is -3.31. The molecule has 0 fully saturated rings. The van der Waals surface area contributed by atoms with Crippen LogP contribution in [0.5, 0.6) is 0 Å². The summed E-state index contributed by atoms with van der Waals surface area (Å²) < 4.78 is 26.7. The molecular formula is C40H62N12O13. The van der Waals surface area contributed by atoms with Crippen LogP contribution in [0.25, 0.3) is 0 Å². The number of carbonyl (C=O) groups excluding carboxylic acids is 5. The minimum Gasteiger partial charge on any atom is -0.460 e. The molecule has 2 aliphatic rings. The average molecular weight is 919 g/mol. The summed E-state index contributed by atoms with van der Waals surface area (Å²) in [4.78, 5) is 114. The third-order valence-corrected chi connectivity index (χ3v) is 8.59. The number of esters is 3. The summed E-state index contributed by atoms with van der Waals surface area (Å²) in [6, 6.07) is -1.92. The SMILES string of the molecule is CC(=O)O[C@@H](C)[C@H](O)C1CNc2nc(N=CN(C)C)[nH]c(=O)c2N1C(=O)OC(C)(C)C.CC(=O)O[C@@H](C)[C@H](OC(C)=O)C1CNc2nc(N=CN(C)C)[nH]c(=O)c2N1C(=O)OC(C)(C)C. The molecule has 0 aliphatic carbocycles. The Balaban J connectivity index is 0.000000347. The van der Waals surface area contributed by atoms with E-state index in [4.69, 9.17) is 23.7 Å². The Morgan fingerprint density at radius 2 is 1.05 bits per heavy atom. The molecule has 360 valence electrons. The number of ether oxygens (including phenoxy) is 5. The Hall–Kier alpha value is -6.79. The highest BCUT2D eigenvalue weighted by molar-refractivity contribution is 5.94. The molecule has 4 rings (SSSR count). The number of aromatic amines is 2. The molecule has 0 spiro atoms. The van der Waals surface area contributed by atoms with Gasteiger partial charge in [0, 0.05) is 62.1 Å². The first-order valence-corrected chi connectivity index (χ1v) is 20.4. The zero-order chi connectivity index (χ0) is 49.3. The lowest BCUT2D eigenvalue weighted by atomic mass is 10.0. The van der Waals surface area contributed by atoms with Gasteiger partial charge in [-0.15, -0.1) is 0 Å². The maximum absolute atomic E-state index is 13.3. The zero-order valence-electron chi connectivity index (χ0n) is 39.5. The number of nitrogens with one attached hydrogen (secondary N) is 4. The van der Waals surface area contributed by atoms with Gasteiger partial charge >= 0.3 is 30.1 Å². The lowest BCUT2D eigenvalue weighted by Gasteiger charge is -2.41. The first kappa shape index (κ1) is 52.6. The third-order valence-electron chi connectivity index (χ3n) is 8.59. The van der Waals surface area contributed by atoms with Crippen LogP contribution < -0.4 is 31.6 Å². The lowest BCUT2D eigenvalue weighted by Crippen LogP contribution is -2.60. The first-order valence-electron chi connectivity index (χ1n) is 20.4. The van der Waals surface area contributed by atoms with Crippen molar-refractivity contribution in [1.29, 1.82) is 0 Å². The summed E-state index contributed by atoms with van der Waals surface area (Å²) in [6.45, 7) is 16.8. The van der Waals surface area contributed by atoms with Crippen molar-refractivity contribution in [2.75, 3.05) is 61.7 Å². The number of fused-ring (bicyclic) bond motifs is 2. The van der Waals surface area contributed by atoms with Crippen LogP contribution in [-0.2, 0) is 38.1 Å². The van der Waals surface area contributed by atoms with Crippen molar-refractivity contribution >= 4 is 77.7 Å². The molecule has 0 saturated heterocycles. The quantitative estimate of drug-likeness (QED) is 0.0934. The summed E-state index contributed by atoms with van der Waals surface area (Å²) >= 11 is 0. The van der Waals surface area contributed by atoms with E-state index in [1.807, 2.05) is 0 Å². The maximum Gasteiger partial charge on any atom is 0.415 e. The number of aliphatic imine (C=N–C) groups is 2. The molecule has 25 nitrogen and oxygen atoms in total. The summed E-state index contributed by atoms with van der Waals surface area (Å²) in [6.07, 6.45) is -3.06. The highest BCUT2D eigenvalue weighted by Gasteiger charge is 2.46. The van der Waals surface area contributed by atoms with Crippen molar-refractivity contribution in [3.63, 3.8) is 0 Å². The van der Waals surface area contributed by atoms with E-state index in [-0.39, 0.29) is 48.0 Å². The van der Waals surface area contributed by atoms with Crippen LogP contribution in [0.1, 0.15) is 76.2 Å². The van der Waals surface area contributed by atoms with Gasteiger partial charge in [-0.25, -0.2) is 19.6 Å². The topological polar surface area (TPSA) is 305 Å². The molecule has 2 aromatic rings. The Labute approximate surface area is 375 Å². The second-order valence-corrected chi connectivity index (χ2v) is 17.4. The fraction of sp³-hybridized carbons (Fsp3) is 0.625. The molecule has 0 bridgehead atoms. The van der Waals surface area contributed by atoms with Crippen molar-refractivity contribution in [3.8, 4) is 0 Å². The molecule has 2 aliphatic heterocycles. The molecule has 0 saturated carbocycles. The number of H-pyrrole nitrogens is 2. The lowest BCUT2D eigenvalue weighted by molar-refractivity contribution is -0.165. The number of hydrogen-bond donors (Lipinski definition) is 5. The van der Waals surface area contributed by atoms with Crippen LogP contribution in [0.15, 0.2) is 19.6 Å². The van der Waals surface area contributed by atoms with Crippen LogP contribution in [-0.4, -0.2) is 167 Å². The fourth-order valence-electron chi connectivity index (χ4n) is 6.25. The van der Waals surface area contributed by atoms with E-state index in [0.717, 1.165) is 9.80 Å². The molecule has 2 unspecified atom stereocenters. The second kappa shape index (κ2) is 21.7. The molecule has 4 heterocycles. The Bertz CT molecular complexity index is 2230. The average Bonchev–Trinajstić information content (AvgIpc) is 3.15. The van der Waals surface area contributed by atoms with Crippen molar-refractivity contribution in [1.82, 2.24) is 29.7 Å². The standard InChI is InChI=1S/C21H32N6O7.C19H30N6O6/c1-11(32-12(2)28)16(33-13(3)29)14-9-22-17-15(27(14)20(31)34-21(4,5)6)18(30)25-19(24-17)23-10-26(7)8;1-10(30-11(2)26)14(27)12-8-20-15-13(25(12)18(29)31-19(3,4)5)16(28)23-17(22-15)21-9-24(6)7/h10-11,14,16H,9H2,1-8H3,(H2,22,24,25,30);9-10,12,14,27H,8H2,1-7H3,(H2,20,22,23,28)/t11-,14?,16-;10-,12?,14-/m00/s1. The van der Waals surface area contributed by atoms with Gasteiger partial charge in [0.25, 0.3) is 11.1 Å². The number of amides is 2. The van der Waals surface area contributed by atoms with Crippen molar-refractivity contribution < 1.29 is 52.8 Å². The normalized spacial score (nSPS) is 17.7. The molecule has 6 atom stereocenters. The van der Waals surface area contributed by atoms with Gasteiger partial charge in [0.2, 0.25) is 11.9 Å². The van der Waals surface area contributed by atoms with Gasteiger partial charge in [0.1, 0.15) is 29.5 Å². The van der Waals surface area contributed by atoms with E-state index in [1.165, 1.54) is 47.3 Å². The van der Waals surface area contributed by atoms with Crippen molar-refractivity contribution in [2.45, 2.75) is 124 Å². The van der Waals surface area contributed by atoms with Crippen LogP contribution >= 0.6 is 0 Å². The fourth-order valence-corrected chi connectivity index (χ4v) is 6.25. The van der Waals surface area contributed by atoms with E-state index < -0.39 is 88.9 Å². The van der Waals surface area contributed by atoms with E-state index >= 15 is 0 Å². The summed E-state index contributed by atoms with van der Waals surface area (Å²) in [5, 5.41) is 16.7. The van der Waals surface area contributed by atoms with Crippen LogP contribution in [0.4, 0.5) is 44.5 Å². The molecule has 0 aromatic carbocycles. The van der Waals surface area contributed by atoms with Gasteiger partial charge in [0.15, 0.2) is 29.1 Å². The predicted octanol–water partition coefficient (Wildman–Crippen LogP) is 2.25. The number of carbonyl (C=O) groups is 5. The Morgan fingerprint density at radius 1 is 0.677 bits per heavy atom. The summed E-state index contributed by atoms with van der Waals surface area (Å²) in [5.74, 6) is -1.55. The predicted molar refractivity (Wildman–Crippen MR) is 239 cm³/mol. The van der Waals surface area contributed by atoms with Crippen LogP contribution in [0.3, 0.4) is 0 Å². The Morgan fingerprint density at radius 3 is 1.42 bits per heavy atom. The molecule has 2 aromatic heterocycles. The van der Waals surface area contributed by atoms with E-state index in [1.54, 1.807) is 79.5 Å². The van der Waals surface area contributed by atoms with E-state index in [2.05, 4.69) is 40.6 Å². The molecule has 5 N–H and O–H groups in total. The van der Waals surface area contributed by atoms with Crippen molar-refractivity contribution in [2.24, 2.45) is 9.98 Å². The van der Waals surface area contributed by atoms with Gasteiger partial charge in [0.05, 0.1) is 24.8 Å².